The Morgan fingerprint density at radius 3 is 2.68 bits per heavy atom. The fourth-order valence-corrected chi connectivity index (χ4v) is 1.84. The van der Waals surface area contributed by atoms with Crippen LogP contribution in [0, 0.1) is 10.1 Å². The van der Waals surface area contributed by atoms with E-state index in [1.54, 1.807) is 18.2 Å². The lowest BCUT2D eigenvalue weighted by atomic mass is 10.2. The lowest BCUT2D eigenvalue weighted by molar-refractivity contribution is -0.385. The van der Waals surface area contributed by atoms with Gasteiger partial charge in [0.1, 0.15) is 0 Å². The number of nitro groups is 1. The number of hydrazone groups is 1. The Morgan fingerprint density at radius 2 is 2.00 bits per heavy atom. The van der Waals surface area contributed by atoms with Gasteiger partial charge in [-0.05, 0) is 17.7 Å². The monoisotopic (exact) mass is 318 g/mol. The van der Waals surface area contributed by atoms with E-state index in [4.69, 9.17) is 11.6 Å². The largest absolute Gasteiger partial charge is 0.872 e. The molecule has 0 radical (unpaired) electrons. The highest BCUT2D eigenvalue weighted by Gasteiger charge is 2.08. The molecule has 0 aliphatic rings. The van der Waals surface area contributed by atoms with E-state index in [2.05, 4.69) is 10.5 Å². The molecule has 0 spiro atoms. The molecule has 0 fully saturated rings. The minimum Gasteiger partial charge on any atom is -0.872 e. The fourth-order valence-electron chi connectivity index (χ4n) is 1.62. The molecule has 2 aromatic rings. The number of halogens is 1. The number of carbonyl (C=O) groups excluding carboxylic acids is 1. The van der Waals surface area contributed by atoms with Gasteiger partial charge >= 0.3 is 0 Å². The highest BCUT2D eigenvalue weighted by Crippen LogP contribution is 2.19. The van der Waals surface area contributed by atoms with E-state index in [1.165, 1.54) is 6.07 Å². The van der Waals surface area contributed by atoms with Crippen LogP contribution in [0.5, 0.6) is 5.75 Å². The fraction of sp³-hybridized carbons (Fsp3) is 0. The molecular weight excluding hydrogens is 310 g/mol. The molecule has 1 amide bonds. The molecule has 2 rings (SSSR count). The van der Waals surface area contributed by atoms with Crippen LogP contribution in [-0.4, -0.2) is 17.0 Å². The molecule has 0 bridgehead atoms. The first-order valence-corrected chi connectivity index (χ1v) is 6.40. The van der Waals surface area contributed by atoms with Crippen molar-refractivity contribution in [2.24, 2.45) is 5.10 Å². The topological polar surface area (TPSA) is 108 Å². The lowest BCUT2D eigenvalue weighted by Crippen LogP contribution is -2.18. The van der Waals surface area contributed by atoms with Gasteiger partial charge < -0.3 is 5.11 Å². The van der Waals surface area contributed by atoms with Crippen LogP contribution in [0.15, 0.2) is 47.6 Å². The summed E-state index contributed by atoms with van der Waals surface area (Å²) in [5.74, 6) is -0.999. The molecule has 1 N–H and O–H groups in total. The van der Waals surface area contributed by atoms with E-state index in [-0.39, 0.29) is 21.8 Å². The SMILES string of the molecule is O=C(N/N=C\c1cc([N+](=O)[O-])ccc1[O-])c1ccccc1Cl. The molecule has 0 atom stereocenters. The number of amides is 1. The number of hydrogen-bond donors (Lipinski definition) is 1. The Kier molecular flexibility index (Phi) is 4.70. The second-order valence-corrected chi connectivity index (χ2v) is 4.57. The summed E-state index contributed by atoms with van der Waals surface area (Å²) in [6.07, 6.45) is 1.05. The van der Waals surface area contributed by atoms with Crippen molar-refractivity contribution in [2.75, 3.05) is 0 Å². The Labute approximate surface area is 130 Å². The molecule has 0 saturated heterocycles. The summed E-state index contributed by atoms with van der Waals surface area (Å²) < 4.78 is 0. The minimum absolute atomic E-state index is 0.00587. The number of rotatable bonds is 4. The third kappa shape index (κ3) is 3.58. The van der Waals surface area contributed by atoms with Gasteiger partial charge in [-0.15, -0.1) is 0 Å². The van der Waals surface area contributed by atoms with Crippen LogP contribution in [-0.2, 0) is 0 Å². The maximum atomic E-state index is 11.8. The Balaban J connectivity index is 2.13. The molecule has 0 saturated carbocycles. The van der Waals surface area contributed by atoms with E-state index in [0.717, 1.165) is 24.4 Å². The molecule has 7 nitrogen and oxygen atoms in total. The molecular formula is C14H9ClN3O4-. The van der Waals surface area contributed by atoms with Gasteiger partial charge in [0.25, 0.3) is 11.6 Å². The number of hydrogen-bond acceptors (Lipinski definition) is 5. The average molecular weight is 319 g/mol. The predicted octanol–water partition coefficient (Wildman–Crippen LogP) is 2.09. The standard InChI is InChI=1S/C14H10ClN3O4/c15-12-4-2-1-3-11(12)14(20)17-16-8-9-7-10(18(21)22)5-6-13(9)19/h1-8,19H,(H,17,20)/p-1/b16-8-. The van der Waals surface area contributed by atoms with E-state index in [1.807, 2.05) is 0 Å². The van der Waals surface area contributed by atoms with Gasteiger partial charge in [0, 0.05) is 12.1 Å². The molecule has 22 heavy (non-hydrogen) atoms. The van der Waals surface area contributed by atoms with E-state index in [9.17, 15) is 20.0 Å². The number of carbonyl (C=O) groups is 1. The van der Waals surface area contributed by atoms with Crippen LogP contribution in [0.25, 0.3) is 0 Å². The number of nitrogens with zero attached hydrogens (tertiary/aromatic N) is 2. The molecule has 112 valence electrons. The summed E-state index contributed by atoms with van der Waals surface area (Å²) in [5.41, 5.74) is 2.18. The zero-order chi connectivity index (χ0) is 16.1. The third-order valence-corrected chi connectivity index (χ3v) is 3.02. The zero-order valence-corrected chi connectivity index (χ0v) is 11.8. The summed E-state index contributed by atoms with van der Waals surface area (Å²) in [6, 6.07) is 9.62. The number of nitro benzene ring substituents is 1. The van der Waals surface area contributed by atoms with Gasteiger partial charge in [-0.1, -0.05) is 35.5 Å². The Morgan fingerprint density at radius 1 is 1.27 bits per heavy atom. The molecule has 0 aromatic heterocycles. The van der Waals surface area contributed by atoms with Crippen molar-refractivity contribution in [3.05, 3.63) is 68.7 Å². The molecule has 8 heteroatoms. The molecule has 0 aliphatic carbocycles. The highest BCUT2D eigenvalue weighted by atomic mass is 35.5. The van der Waals surface area contributed by atoms with Crippen molar-refractivity contribution in [1.82, 2.24) is 5.43 Å². The summed E-state index contributed by atoms with van der Waals surface area (Å²) >= 11 is 5.86. The van der Waals surface area contributed by atoms with Crippen molar-refractivity contribution >= 4 is 29.4 Å². The highest BCUT2D eigenvalue weighted by molar-refractivity contribution is 6.33. The minimum atomic E-state index is -0.626. The first kappa shape index (κ1) is 15.5. The normalized spacial score (nSPS) is 10.6. The first-order valence-electron chi connectivity index (χ1n) is 6.02. The first-order chi connectivity index (χ1) is 10.5. The smallest absolute Gasteiger partial charge is 0.272 e. The van der Waals surface area contributed by atoms with Crippen molar-refractivity contribution < 1.29 is 14.8 Å². The van der Waals surface area contributed by atoms with Gasteiger partial charge in [0.2, 0.25) is 0 Å². The predicted molar refractivity (Wildman–Crippen MR) is 79.1 cm³/mol. The zero-order valence-electron chi connectivity index (χ0n) is 11.0. The third-order valence-electron chi connectivity index (χ3n) is 2.69. The van der Waals surface area contributed by atoms with Crippen LogP contribution < -0.4 is 10.5 Å². The van der Waals surface area contributed by atoms with Crippen molar-refractivity contribution in [2.45, 2.75) is 0 Å². The van der Waals surface area contributed by atoms with Crippen LogP contribution in [0.3, 0.4) is 0 Å². The number of benzene rings is 2. The maximum absolute atomic E-state index is 11.8. The summed E-state index contributed by atoms with van der Waals surface area (Å²) in [6.45, 7) is 0. The molecule has 2 aromatic carbocycles. The van der Waals surface area contributed by atoms with E-state index in [0.29, 0.717) is 0 Å². The quantitative estimate of drug-likeness (QED) is 0.529. The lowest BCUT2D eigenvalue weighted by Gasteiger charge is -2.08. The van der Waals surface area contributed by atoms with Crippen molar-refractivity contribution in [1.29, 1.82) is 0 Å². The Bertz CT molecular complexity index is 762. The van der Waals surface area contributed by atoms with Gasteiger partial charge in [0.15, 0.2) is 0 Å². The van der Waals surface area contributed by atoms with Crippen LogP contribution in [0.2, 0.25) is 5.02 Å². The summed E-state index contributed by atoms with van der Waals surface area (Å²) in [4.78, 5) is 21.8. The number of nitrogens with one attached hydrogen (secondary N) is 1. The van der Waals surface area contributed by atoms with Gasteiger partial charge in [-0.3, -0.25) is 14.9 Å². The second kappa shape index (κ2) is 6.68. The van der Waals surface area contributed by atoms with Crippen molar-refractivity contribution in [3.8, 4) is 5.75 Å². The summed E-state index contributed by atoms with van der Waals surface area (Å²) in [7, 11) is 0. The van der Waals surface area contributed by atoms with Crippen molar-refractivity contribution in [3.63, 3.8) is 0 Å². The van der Waals surface area contributed by atoms with Crippen LogP contribution in [0.1, 0.15) is 15.9 Å². The molecule has 0 unspecified atom stereocenters. The average Bonchev–Trinajstić information content (AvgIpc) is 2.49. The van der Waals surface area contributed by atoms with E-state index < -0.39 is 16.6 Å². The Hall–Kier alpha value is -2.93. The van der Waals surface area contributed by atoms with Crippen LogP contribution >= 0.6 is 11.6 Å². The van der Waals surface area contributed by atoms with Gasteiger partial charge in [0.05, 0.1) is 21.7 Å². The molecule has 0 heterocycles. The maximum Gasteiger partial charge on any atom is 0.272 e. The number of non-ortho nitro benzene ring substituents is 1. The van der Waals surface area contributed by atoms with Gasteiger partial charge in [-0.25, -0.2) is 5.43 Å². The van der Waals surface area contributed by atoms with Gasteiger partial charge in [-0.2, -0.15) is 5.10 Å². The van der Waals surface area contributed by atoms with E-state index >= 15 is 0 Å². The summed E-state index contributed by atoms with van der Waals surface area (Å²) in [5, 5.41) is 26.1. The second-order valence-electron chi connectivity index (χ2n) is 4.16. The van der Waals surface area contributed by atoms with Crippen LogP contribution in [0.4, 0.5) is 5.69 Å². The molecule has 0 aliphatic heterocycles.